The van der Waals surface area contributed by atoms with E-state index >= 15 is 0 Å². The first-order valence-electron chi connectivity index (χ1n) is 8.93. The molecule has 0 aliphatic carbocycles. The quantitative estimate of drug-likeness (QED) is 0.570. The molecule has 0 radical (unpaired) electrons. The van der Waals surface area contributed by atoms with Crippen molar-refractivity contribution in [2.75, 3.05) is 39.2 Å². The number of para-hydroxylation sites is 2. The van der Waals surface area contributed by atoms with Crippen molar-refractivity contribution < 1.29 is 14.3 Å². The summed E-state index contributed by atoms with van der Waals surface area (Å²) in [6.07, 6.45) is 6.90. The molecule has 136 valence electrons. The summed E-state index contributed by atoms with van der Waals surface area (Å²) in [6.45, 7) is 3.95. The highest BCUT2D eigenvalue weighted by Gasteiger charge is 2.08. The Morgan fingerprint density at radius 1 is 1.04 bits per heavy atom. The third kappa shape index (κ3) is 9.40. The number of likely N-dealkylation sites (N-methyl/N-ethyl adjacent to an activating group) is 1. The number of nitrogens with one attached hydrogen (secondary N) is 1. The van der Waals surface area contributed by atoms with Crippen LogP contribution in [-0.2, 0) is 4.74 Å². The van der Waals surface area contributed by atoms with Crippen LogP contribution < -0.4 is 10.1 Å². The van der Waals surface area contributed by atoms with Crippen LogP contribution in [0.25, 0.3) is 0 Å². The van der Waals surface area contributed by atoms with Gasteiger partial charge in [-0.2, -0.15) is 0 Å². The Balaban J connectivity index is 2.32. The lowest BCUT2D eigenvalue weighted by molar-refractivity contribution is 0.151. The van der Waals surface area contributed by atoms with Gasteiger partial charge in [0.15, 0.2) is 0 Å². The molecule has 0 spiro atoms. The van der Waals surface area contributed by atoms with Crippen LogP contribution >= 0.6 is 0 Å². The normalized spacial score (nSPS) is 10.7. The number of carbonyl (C=O) groups excluding carboxylic acids is 1. The average Bonchev–Trinajstić information content (AvgIpc) is 2.55. The van der Waals surface area contributed by atoms with Gasteiger partial charge in [0, 0.05) is 6.54 Å². The number of hydrogen-bond acceptors (Lipinski definition) is 4. The minimum Gasteiger partial charge on any atom is -0.491 e. The molecule has 0 bridgehead atoms. The van der Waals surface area contributed by atoms with Gasteiger partial charge in [0.05, 0.1) is 12.3 Å². The first-order chi connectivity index (χ1) is 11.6. The van der Waals surface area contributed by atoms with E-state index in [-0.39, 0.29) is 0 Å². The molecule has 0 atom stereocenters. The molecule has 1 amide bonds. The van der Waals surface area contributed by atoms with Gasteiger partial charge in [0.2, 0.25) is 0 Å². The molecule has 0 saturated carbocycles. The number of benzene rings is 1. The molecular formula is C19H32N2O3. The van der Waals surface area contributed by atoms with Crippen molar-refractivity contribution in [3.8, 4) is 5.75 Å². The van der Waals surface area contributed by atoms with E-state index < -0.39 is 6.09 Å². The summed E-state index contributed by atoms with van der Waals surface area (Å²) in [5, 5.41) is 2.75. The number of hydrogen-bond donors (Lipinski definition) is 1. The molecule has 24 heavy (non-hydrogen) atoms. The molecule has 5 nitrogen and oxygen atoms in total. The Labute approximate surface area is 146 Å². The van der Waals surface area contributed by atoms with Gasteiger partial charge in [0.1, 0.15) is 12.4 Å². The lowest BCUT2D eigenvalue weighted by Crippen LogP contribution is -2.22. The van der Waals surface area contributed by atoms with Gasteiger partial charge < -0.3 is 14.4 Å². The van der Waals surface area contributed by atoms with E-state index in [2.05, 4.69) is 12.2 Å². The molecule has 0 aromatic heterocycles. The number of rotatable bonds is 12. The van der Waals surface area contributed by atoms with Crippen LogP contribution in [-0.4, -0.2) is 44.8 Å². The molecule has 0 aliphatic rings. The first kappa shape index (κ1) is 20.3. The maximum absolute atomic E-state index is 11.8. The zero-order valence-electron chi connectivity index (χ0n) is 15.3. The van der Waals surface area contributed by atoms with Crippen LogP contribution in [0.3, 0.4) is 0 Å². The SMILES string of the molecule is CCCCCCCCOc1ccccc1NC(=O)OCCN(C)C. The van der Waals surface area contributed by atoms with Crippen LogP contribution in [0.5, 0.6) is 5.75 Å². The van der Waals surface area contributed by atoms with E-state index in [9.17, 15) is 4.79 Å². The van der Waals surface area contributed by atoms with E-state index in [1.165, 1.54) is 32.1 Å². The van der Waals surface area contributed by atoms with Crippen LogP contribution in [0.1, 0.15) is 45.4 Å². The highest BCUT2D eigenvalue weighted by molar-refractivity contribution is 5.86. The maximum atomic E-state index is 11.8. The molecule has 1 N–H and O–H groups in total. The lowest BCUT2D eigenvalue weighted by Gasteiger charge is -2.13. The summed E-state index contributed by atoms with van der Waals surface area (Å²) in [7, 11) is 3.87. The fourth-order valence-corrected chi connectivity index (χ4v) is 2.23. The van der Waals surface area contributed by atoms with Gasteiger partial charge in [-0.05, 0) is 32.6 Å². The summed E-state index contributed by atoms with van der Waals surface area (Å²) in [5.74, 6) is 0.690. The van der Waals surface area contributed by atoms with Crippen molar-refractivity contribution in [3.05, 3.63) is 24.3 Å². The summed E-state index contributed by atoms with van der Waals surface area (Å²) in [4.78, 5) is 13.8. The predicted octanol–water partition coefficient (Wildman–Crippen LogP) is 4.54. The zero-order chi connectivity index (χ0) is 17.6. The maximum Gasteiger partial charge on any atom is 0.411 e. The fourth-order valence-electron chi connectivity index (χ4n) is 2.23. The van der Waals surface area contributed by atoms with Crippen molar-refractivity contribution in [2.45, 2.75) is 45.4 Å². The Morgan fingerprint density at radius 3 is 2.50 bits per heavy atom. The third-order valence-corrected chi connectivity index (χ3v) is 3.65. The van der Waals surface area contributed by atoms with Crippen molar-refractivity contribution in [1.82, 2.24) is 4.90 Å². The molecule has 0 aliphatic heterocycles. The highest BCUT2D eigenvalue weighted by atomic mass is 16.5. The molecule has 0 saturated heterocycles. The Kier molecular flexibility index (Phi) is 10.7. The van der Waals surface area contributed by atoms with Gasteiger partial charge in [-0.25, -0.2) is 4.79 Å². The fraction of sp³-hybridized carbons (Fsp3) is 0.632. The molecular weight excluding hydrogens is 304 g/mol. The van der Waals surface area contributed by atoms with E-state index in [1.54, 1.807) is 0 Å². The number of ether oxygens (including phenoxy) is 2. The Hall–Kier alpha value is -1.75. The van der Waals surface area contributed by atoms with Gasteiger partial charge in [-0.3, -0.25) is 5.32 Å². The second-order valence-corrected chi connectivity index (χ2v) is 6.18. The average molecular weight is 336 g/mol. The number of carbonyl (C=O) groups is 1. The standard InChI is InChI=1S/C19H32N2O3/c1-4-5-6-7-8-11-15-23-18-13-10-9-12-17(18)20-19(22)24-16-14-21(2)3/h9-10,12-13H,4-8,11,14-16H2,1-3H3,(H,20,22). The van der Waals surface area contributed by atoms with E-state index in [4.69, 9.17) is 9.47 Å². The molecule has 0 fully saturated rings. The molecule has 5 heteroatoms. The van der Waals surface area contributed by atoms with Crippen LogP contribution in [0.4, 0.5) is 10.5 Å². The molecule has 1 rings (SSSR count). The number of amides is 1. The highest BCUT2D eigenvalue weighted by Crippen LogP contribution is 2.24. The summed E-state index contributed by atoms with van der Waals surface area (Å²) in [5.41, 5.74) is 0.651. The lowest BCUT2D eigenvalue weighted by atomic mass is 10.1. The smallest absolute Gasteiger partial charge is 0.411 e. The molecule has 1 aromatic carbocycles. The monoisotopic (exact) mass is 336 g/mol. The van der Waals surface area contributed by atoms with Gasteiger partial charge >= 0.3 is 6.09 Å². The van der Waals surface area contributed by atoms with Crippen LogP contribution in [0, 0.1) is 0 Å². The second-order valence-electron chi connectivity index (χ2n) is 6.18. The van der Waals surface area contributed by atoms with E-state index in [0.717, 1.165) is 6.42 Å². The molecule has 0 heterocycles. The zero-order valence-corrected chi connectivity index (χ0v) is 15.3. The van der Waals surface area contributed by atoms with Gasteiger partial charge in [0.25, 0.3) is 0 Å². The summed E-state index contributed by atoms with van der Waals surface area (Å²) in [6, 6.07) is 7.46. The largest absolute Gasteiger partial charge is 0.491 e. The van der Waals surface area contributed by atoms with E-state index in [0.29, 0.717) is 31.2 Å². The summed E-state index contributed by atoms with van der Waals surface area (Å²) < 4.78 is 11.0. The van der Waals surface area contributed by atoms with Gasteiger partial charge in [-0.1, -0.05) is 51.2 Å². The minimum atomic E-state index is -0.451. The predicted molar refractivity (Wildman–Crippen MR) is 98.8 cm³/mol. The van der Waals surface area contributed by atoms with Gasteiger partial charge in [-0.15, -0.1) is 0 Å². The molecule has 0 unspecified atom stereocenters. The van der Waals surface area contributed by atoms with Crippen LogP contribution in [0.2, 0.25) is 0 Å². The summed E-state index contributed by atoms with van der Waals surface area (Å²) >= 11 is 0. The third-order valence-electron chi connectivity index (χ3n) is 3.65. The molecule has 1 aromatic rings. The minimum absolute atomic E-state index is 0.361. The Bertz CT molecular complexity index is 464. The van der Waals surface area contributed by atoms with Crippen molar-refractivity contribution in [2.24, 2.45) is 0 Å². The van der Waals surface area contributed by atoms with Crippen LogP contribution in [0.15, 0.2) is 24.3 Å². The van der Waals surface area contributed by atoms with Crippen molar-refractivity contribution >= 4 is 11.8 Å². The second kappa shape index (κ2) is 12.6. The number of nitrogens with zero attached hydrogens (tertiary/aromatic N) is 1. The number of unbranched alkanes of at least 4 members (excludes halogenated alkanes) is 5. The topological polar surface area (TPSA) is 50.8 Å². The van der Waals surface area contributed by atoms with E-state index in [1.807, 2.05) is 43.3 Å². The Morgan fingerprint density at radius 2 is 1.75 bits per heavy atom. The van der Waals surface area contributed by atoms with Crippen molar-refractivity contribution in [1.29, 1.82) is 0 Å². The first-order valence-corrected chi connectivity index (χ1v) is 8.93. The number of anilines is 1. The van der Waals surface area contributed by atoms with Crippen molar-refractivity contribution in [3.63, 3.8) is 0 Å².